The summed E-state index contributed by atoms with van der Waals surface area (Å²) < 4.78 is 0. The van der Waals surface area contributed by atoms with Crippen LogP contribution in [0.2, 0.25) is 0 Å². The fourth-order valence-electron chi connectivity index (χ4n) is 1.69. The van der Waals surface area contributed by atoms with E-state index in [1.54, 1.807) is 0 Å². The lowest BCUT2D eigenvalue weighted by molar-refractivity contribution is 0.574. The van der Waals surface area contributed by atoms with E-state index in [2.05, 4.69) is 11.1 Å². The van der Waals surface area contributed by atoms with E-state index in [0.717, 1.165) is 18.0 Å². The zero-order valence-electron chi connectivity index (χ0n) is 8.74. The van der Waals surface area contributed by atoms with Crippen LogP contribution >= 0.6 is 0 Å². The van der Waals surface area contributed by atoms with Gasteiger partial charge in [0.15, 0.2) is 0 Å². The summed E-state index contributed by atoms with van der Waals surface area (Å²) in [6.07, 6.45) is 7.13. The maximum Gasteiger partial charge on any atom is 0.0372 e. The van der Waals surface area contributed by atoms with Crippen molar-refractivity contribution in [3.8, 4) is 0 Å². The van der Waals surface area contributed by atoms with E-state index in [1.807, 2.05) is 19.2 Å². The topological polar surface area (TPSA) is 38.9 Å². The molecule has 1 aliphatic rings. The van der Waals surface area contributed by atoms with Crippen LogP contribution in [0.25, 0.3) is 0 Å². The highest BCUT2D eigenvalue weighted by Crippen LogP contribution is 2.35. The molecule has 1 aliphatic carbocycles. The van der Waals surface area contributed by atoms with Crippen LogP contribution in [0.1, 0.15) is 43.0 Å². The molecule has 1 heterocycles. The van der Waals surface area contributed by atoms with Gasteiger partial charge in [-0.05, 0) is 37.3 Å². The largest absolute Gasteiger partial charge is 0.324 e. The van der Waals surface area contributed by atoms with Crippen molar-refractivity contribution in [1.82, 2.24) is 4.98 Å². The van der Waals surface area contributed by atoms with E-state index in [4.69, 9.17) is 5.73 Å². The van der Waals surface area contributed by atoms with Crippen LogP contribution in [-0.2, 0) is 0 Å². The van der Waals surface area contributed by atoms with Gasteiger partial charge in [-0.3, -0.25) is 4.98 Å². The van der Waals surface area contributed by atoms with Crippen molar-refractivity contribution in [2.45, 2.75) is 38.6 Å². The van der Waals surface area contributed by atoms with Crippen molar-refractivity contribution in [3.63, 3.8) is 0 Å². The number of hydrogen-bond donors (Lipinski definition) is 1. The molecule has 0 radical (unpaired) electrons. The number of nitrogens with two attached hydrogens (primary N) is 1. The average molecular weight is 190 g/mol. The Morgan fingerprint density at radius 2 is 2.29 bits per heavy atom. The monoisotopic (exact) mass is 190 g/mol. The average Bonchev–Trinajstić information content (AvgIpc) is 2.99. The molecule has 2 rings (SSSR count). The van der Waals surface area contributed by atoms with Gasteiger partial charge in [0.25, 0.3) is 0 Å². The van der Waals surface area contributed by atoms with Crippen molar-refractivity contribution in [1.29, 1.82) is 0 Å². The van der Waals surface area contributed by atoms with Crippen molar-refractivity contribution >= 4 is 0 Å². The van der Waals surface area contributed by atoms with Gasteiger partial charge in [-0.25, -0.2) is 0 Å². The molecule has 1 fully saturated rings. The first-order chi connectivity index (χ1) is 6.75. The van der Waals surface area contributed by atoms with Gasteiger partial charge >= 0.3 is 0 Å². The zero-order valence-corrected chi connectivity index (χ0v) is 8.74. The maximum absolute atomic E-state index is 6.08. The second-order valence-electron chi connectivity index (χ2n) is 4.36. The molecule has 2 N–H and O–H groups in total. The molecule has 0 aliphatic heterocycles. The highest BCUT2D eigenvalue weighted by molar-refractivity contribution is 5.16. The summed E-state index contributed by atoms with van der Waals surface area (Å²) in [7, 11) is 0. The van der Waals surface area contributed by atoms with E-state index in [0.29, 0.717) is 0 Å². The third-order valence-electron chi connectivity index (χ3n) is 2.95. The lowest BCUT2D eigenvalue weighted by atomic mass is 10.0. The SMILES string of the molecule is Cc1ccc(C(N)CCC2CC2)cn1. The number of nitrogens with zero attached hydrogens (tertiary/aromatic N) is 1. The van der Waals surface area contributed by atoms with Crippen molar-refractivity contribution in [3.05, 3.63) is 29.6 Å². The van der Waals surface area contributed by atoms with Crippen LogP contribution in [-0.4, -0.2) is 4.98 Å². The zero-order chi connectivity index (χ0) is 9.97. The molecule has 1 aromatic heterocycles. The Morgan fingerprint density at radius 3 is 2.86 bits per heavy atom. The number of rotatable bonds is 4. The molecular weight excluding hydrogens is 172 g/mol. The molecule has 0 spiro atoms. The molecule has 0 amide bonds. The molecule has 2 nitrogen and oxygen atoms in total. The Hall–Kier alpha value is -0.890. The quantitative estimate of drug-likeness (QED) is 0.792. The predicted molar refractivity (Wildman–Crippen MR) is 57.9 cm³/mol. The van der Waals surface area contributed by atoms with Crippen LogP contribution in [0.15, 0.2) is 18.3 Å². The Bertz CT molecular complexity index is 288. The minimum Gasteiger partial charge on any atom is -0.324 e. The van der Waals surface area contributed by atoms with Crippen molar-refractivity contribution < 1.29 is 0 Å². The van der Waals surface area contributed by atoms with Gasteiger partial charge in [0, 0.05) is 17.9 Å². The fourth-order valence-corrected chi connectivity index (χ4v) is 1.69. The van der Waals surface area contributed by atoms with E-state index in [9.17, 15) is 0 Å². The van der Waals surface area contributed by atoms with Gasteiger partial charge in [-0.2, -0.15) is 0 Å². The summed E-state index contributed by atoms with van der Waals surface area (Å²) in [6.45, 7) is 2.00. The highest BCUT2D eigenvalue weighted by atomic mass is 14.7. The van der Waals surface area contributed by atoms with Gasteiger partial charge in [0.05, 0.1) is 0 Å². The first kappa shape index (κ1) is 9.66. The molecule has 1 unspecified atom stereocenters. The van der Waals surface area contributed by atoms with E-state index in [-0.39, 0.29) is 6.04 Å². The first-order valence-electron chi connectivity index (χ1n) is 5.44. The van der Waals surface area contributed by atoms with Crippen molar-refractivity contribution in [2.24, 2.45) is 11.7 Å². The number of aromatic nitrogens is 1. The van der Waals surface area contributed by atoms with E-state index >= 15 is 0 Å². The highest BCUT2D eigenvalue weighted by Gasteiger charge is 2.21. The van der Waals surface area contributed by atoms with Gasteiger partial charge < -0.3 is 5.73 Å². The lowest BCUT2D eigenvalue weighted by Crippen LogP contribution is -2.10. The van der Waals surface area contributed by atoms with Crippen LogP contribution in [0.3, 0.4) is 0 Å². The first-order valence-corrected chi connectivity index (χ1v) is 5.44. The Kier molecular flexibility index (Phi) is 2.82. The van der Waals surface area contributed by atoms with Crippen molar-refractivity contribution in [2.75, 3.05) is 0 Å². The van der Waals surface area contributed by atoms with Crippen LogP contribution < -0.4 is 5.73 Å². The summed E-state index contributed by atoms with van der Waals surface area (Å²) in [5.41, 5.74) is 8.32. The van der Waals surface area contributed by atoms with Gasteiger partial charge in [-0.1, -0.05) is 18.9 Å². The Balaban J connectivity index is 1.88. The minimum absolute atomic E-state index is 0.184. The van der Waals surface area contributed by atoms with Gasteiger partial charge in [-0.15, -0.1) is 0 Å². The minimum atomic E-state index is 0.184. The summed E-state index contributed by atoms with van der Waals surface area (Å²) in [4.78, 5) is 4.26. The maximum atomic E-state index is 6.08. The predicted octanol–water partition coefficient (Wildman–Crippen LogP) is 2.58. The number of hydrogen-bond acceptors (Lipinski definition) is 2. The second-order valence-corrected chi connectivity index (χ2v) is 4.36. The fraction of sp³-hybridized carbons (Fsp3) is 0.583. The van der Waals surface area contributed by atoms with Crippen LogP contribution in [0.4, 0.5) is 0 Å². The van der Waals surface area contributed by atoms with Gasteiger partial charge in [0.1, 0.15) is 0 Å². The second kappa shape index (κ2) is 4.09. The summed E-state index contributed by atoms with van der Waals surface area (Å²) in [5.74, 6) is 0.972. The van der Waals surface area contributed by atoms with Gasteiger partial charge in [0.2, 0.25) is 0 Å². The lowest BCUT2D eigenvalue weighted by Gasteiger charge is -2.10. The van der Waals surface area contributed by atoms with E-state index in [1.165, 1.54) is 24.8 Å². The molecule has 1 saturated carbocycles. The molecule has 2 heteroatoms. The Morgan fingerprint density at radius 1 is 1.50 bits per heavy atom. The van der Waals surface area contributed by atoms with Crippen LogP contribution in [0, 0.1) is 12.8 Å². The standard InChI is InChI=1S/C12H18N2/c1-9-2-6-11(8-14-9)12(13)7-5-10-3-4-10/h2,6,8,10,12H,3-5,7,13H2,1H3. The molecule has 1 atom stereocenters. The summed E-state index contributed by atoms with van der Waals surface area (Å²) in [5, 5.41) is 0. The molecule has 14 heavy (non-hydrogen) atoms. The Labute approximate surface area is 85.5 Å². The summed E-state index contributed by atoms with van der Waals surface area (Å²) >= 11 is 0. The third-order valence-corrected chi connectivity index (χ3v) is 2.95. The molecule has 1 aromatic rings. The molecule has 76 valence electrons. The third kappa shape index (κ3) is 2.55. The summed E-state index contributed by atoms with van der Waals surface area (Å²) in [6, 6.07) is 4.32. The molecule has 0 bridgehead atoms. The normalized spacial score (nSPS) is 18.1. The molecular formula is C12H18N2. The number of pyridine rings is 1. The molecule has 0 saturated heterocycles. The van der Waals surface area contributed by atoms with Crippen LogP contribution in [0.5, 0.6) is 0 Å². The van der Waals surface area contributed by atoms with E-state index < -0.39 is 0 Å². The smallest absolute Gasteiger partial charge is 0.0372 e. The number of aryl methyl sites for hydroxylation is 1. The molecule has 0 aromatic carbocycles.